The molecule has 24 heavy (non-hydrogen) atoms. The standard InChI is InChI=1S/C19H17ClN2O2/c20-14-8-5-12(6-9-14)18-21-16-11-13(19(23)24)7-10-17(16)22(18)15-3-1-2-4-15/h5-11,15H,1-4H2,(H,23,24). The van der Waals surface area contributed by atoms with E-state index in [0.717, 1.165) is 35.3 Å². The van der Waals surface area contributed by atoms with Gasteiger partial charge >= 0.3 is 5.97 Å². The smallest absolute Gasteiger partial charge is 0.335 e. The number of aromatic carboxylic acids is 1. The van der Waals surface area contributed by atoms with Crippen LogP contribution in [0.2, 0.25) is 5.02 Å². The van der Waals surface area contributed by atoms with Gasteiger partial charge in [0.25, 0.3) is 0 Å². The molecule has 0 saturated heterocycles. The van der Waals surface area contributed by atoms with Gasteiger partial charge in [-0.2, -0.15) is 0 Å². The number of fused-ring (bicyclic) bond motifs is 1. The van der Waals surface area contributed by atoms with Crippen molar-refractivity contribution >= 4 is 28.6 Å². The summed E-state index contributed by atoms with van der Waals surface area (Å²) in [6.07, 6.45) is 4.70. The molecule has 0 unspecified atom stereocenters. The second-order valence-electron chi connectivity index (χ2n) is 6.26. The summed E-state index contributed by atoms with van der Waals surface area (Å²) in [6.45, 7) is 0. The normalized spacial score (nSPS) is 15.2. The van der Waals surface area contributed by atoms with Crippen molar-refractivity contribution in [3.63, 3.8) is 0 Å². The highest BCUT2D eigenvalue weighted by Gasteiger charge is 2.23. The maximum absolute atomic E-state index is 11.3. The van der Waals surface area contributed by atoms with E-state index in [9.17, 15) is 9.90 Å². The van der Waals surface area contributed by atoms with Crippen LogP contribution in [0, 0.1) is 0 Å². The molecule has 1 fully saturated rings. The number of imidazole rings is 1. The monoisotopic (exact) mass is 340 g/mol. The highest BCUT2D eigenvalue weighted by atomic mass is 35.5. The molecule has 1 N–H and O–H groups in total. The van der Waals surface area contributed by atoms with Gasteiger partial charge in [0.15, 0.2) is 0 Å². The Morgan fingerprint density at radius 2 is 1.83 bits per heavy atom. The molecule has 1 aliphatic carbocycles. The predicted octanol–water partition coefficient (Wildman–Crippen LogP) is 5.17. The molecule has 0 bridgehead atoms. The van der Waals surface area contributed by atoms with Crippen LogP contribution in [0.4, 0.5) is 0 Å². The van der Waals surface area contributed by atoms with Crippen molar-refractivity contribution in [3.8, 4) is 11.4 Å². The number of benzene rings is 2. The SMILES string of the molecule is O=C(O)c1ccc2c(c1)nc(-c1ccc(Cl)cc1)n2C1CCCC1. The van der Waals surface area contributed by atoms with E-state index in [-0.39, 0.29) is 5.56 Å². The maximum Gasteiger partial charge on any atom is 0.335 e. The zero-order valence-electron chi connectivity index (χ0n) is 13.1. The summed E-state index contributed by atoms with van der Waals surface area (Å²) in [7, 11) is 0. The lowest BCUT2D eigenvalue weighted by molar-refractivity contribution is 0.0697. The van der Waals surface area contributed by atoms with E-state index in [2.05, 4.69) is 4.57 Å². The molecule has 1 aliphatic rings. The molecule has 4 rings (SSSR count). The minimum absolute atomic E-state index is 0.265. The Balaban J connectivity index is 1.94. The van der Waals surface area contributed by atoms with Gasteiger partial charge < -0.3 is 9.67 Å². The summed E-state index contributed by atoms with van der Waals surface area (Å²) in [6, 6.07) is 13.3. The topological polar surface area (TPSA) is 55.1 Å². The van der Waals surface area contributed by atoms with Crippen molar-refractivity contribution in [1.82, 2.24) is 9.55 Å². The number of carboxylic acids is 1. The number of nitrogens with zero attached hydrogens (tertiary/aromatic N) is 2. The van der Waals surface area contributed by atoms with Gasteiger partial charge in [0, 0.05) is 16.6 Å². The maximum atomic E-state index is 11.3. The minimum atomic E-state index is -0.930. The lowest BCUT2D eigenvalue weighted by atomic mass is 10.1. The van der Waals surface area contributed by atoms with Crippen LogP contribution >= 0.6 is 11.6 Å². The predicted molar refractivity (Wildman–Crippen MR) is 94.6 cm³/mol. The van der Waals surface area contributed by atoms with Gasteiger partial charge in [-0.05, 0) is 55.3 Å². The first-order valence-electron chi connectivity index (χ1n) is 8.15. The fourth-order valence-electron chi connectivity index (χ4n) is 3.57. The van der Waals surface area contributed by atoms with E-state index in [4.69, 9.17) is 16.6 Å². The van der Waals surface area contributed by atoms with Crippen LogP contribution in [0.15, 0.2) is 42.5 Å². The van der Waals surface area contributed by atoms with E-state index in [1.54, 1.807) is 12.1 Å². The van der Waals surface area contributed by atoms with Crippen LogP contribution in [0.5, 0.6) is 0 Å². The van der Waals surface area contributed by atoms with Gasteiger partial charge in [0.2, 0.25) is 0 Å². The fourth-order valence-corrected chi connectivity index (χ4v) is 3.69. The molecular weight excluding hydrogens is 324 g/mol. The Kier molecular flexibility index (Phi) is 3.77. The van der Waals surface area contributed by atoms with Gasteiger partial charge in [-0.3, -0.25) is 0 Å². The molecule has 0 spiro atoms. The Hall–Kier alpha value is -2.33. The van der Waals surface area contributed by atoms with E-state index < -0.39 is 5.97 Å². The van der Waals surface area contributed by atoms with Crippen molar-refractivity contribution in [2.24, 2.45) is 0 Å². The molecule has 122 valence electrons. The van der Waals surface area contributed by atoms with Crippen LogP contribution < -0.4 is 0 Å². The zero-order valence-corrected chi connectivity index (χ0v) is 13.8. The van der Waals surface area contributed by atoms with Gasteiger partial charge in [-0.25, -0.2) is 9.78 Å². The summed E-state index contributed by atoms with van der Waals surface area (Å²) in [5.74, 6) is -0.0449. The number of hydrogen-bond acceptors (Lipinski definition) is 2. The van der Waals surface area contributed by atoms with Gasteiger partial charge in [-0.1, -0.05) is 24.4 Å². The number of halogens is 1. The van der Waals surface area contributed by atoms with E-state index >= 15 is 0 Å². The van der Waals surface area contributed by atoms with Crippen molar-refractivity contribution in [1.29, 1.82) is 0 Å². The Morgan fingerprint density at radius 3 is 2.50 bits per heavy atom. The molecule has 5 heteroatoms. The molecule has 0 radical (unpaired) electrons. The van der Waals surface area contributed by atoms with E-state index in [1.165, 1.54) is 12.8 Å². The first-order valence-corrected chi connectivity index (χ1v) is 8.52. The Morgan fingerprint density at radius 1 is 1.12 bits per heavy atom. The molecule has 1 saturated carbocycles. The van der Waals surface area contributed by atoms with Crippen molar-refractivity contribution in [3.05, 3.63) is 53.1 Å². The molecule has 2 aromatic carbocycles. The zero-order chi connectivity index (χ0) is 16.7. The minimum Gasteiger partial charge on any atom is -0.478 e. The van der Waals surface area contributed by atoms with Crippen LogP contribution in [0.1, 0.15) is 42.1 Å². The van der Waals surface area contributed by atoms with Gasteiger partial charge in [0.1, 0.15) is 5.82 Å². The summed E-state index contributed by atoms with van der Waals surface area (Å²) < 4.78 is 2.28. The molecule has 4 nitrogen and oxygen atoms in total. The number of carboxylic acid groups (broad SMARTS) is 1. The number of carbonyl (C=O) groups is 1. The molecule has 0 atom stereocenters. The Bertz CT molecular complexity index is 909. The third-order valence-corrected chi connectivity index (χ3v) is 4.98. The lowest BCUT2D eigenvalue weighted by Gasteiger charge is -2.16. The summed E-state index contributed by atoms with van der Waals surface area (Å²) in [4.78, 5) is 16.0. The van der Waals surface area contributed by atoms with Gasteiger partial charge in [0.05, 0.1) is 16.6 Å². The van der Waals surface area contributed by atoms with Gasteiger partial charge in [-0.15, -0.1) is 0 Å². The summed E-state index contributed by atoms with van der Waals surface area (Å²) in [5, 5.41) is 9.92. The van der Waals surface area contributed by atoms with Crippen LogP contribution in [-0.4, -0.2) is 20.6 Å². The summed E-state index contributed by atoms with van der Waals surface area (Å²) in [5.41, 5.74) is 2.99. The first kappa shape index (κ1) is 15.2. The second kappa shape index (κ2) is 5.95. The lowest BCUT2D eigenvalue weighted by Crippen LogP contribution is -2.06. The fraction of sp³-hybridized carbons (Fsp3) is 0.263. The first-order chi connectivity index (χ1) is 11.6. The molecule has 0 amide bonds. The second-order valence-corrected chi connectivity index (χ2v) is 6.70. The number of aromatic nitrogens is 2. The third-order valence-electron chi connectivity index (χ3n) is 4.73. The highest BCUT2D eigenvalue weighted by Crippen LogP contribution is 2.37. The van der Waals surface area contributed by atoms with Crippen molar-refractivity contribution in [2.45, 2.75) is 31.7 Å². The average Bonchev–Trinajstić information content (AvgIpc) is 3.21. The molecule has 0 aliphatic heterocycles. The average molecular weight is 341 g/mol. The molecular formula is C19H17ClN2O2. The number of hydrogen-bond donors (Lipinski definition) is 1. The van der Waals surface area contributed by atoms with E-state index in [0.29, 0.717) is 11.1 Å². The van der Waals surface area contributed by atoms with Crippen LogP contribution in [0.25, 0.3) is 22.4 Å². The highest BCUT2D eigenvalue weighted by molar-refractivity contribution is 6.30. The third kappa shape index (κ3) is 2.57. The van der Waals surface area contributed by atoms with Crippen molar-refractivity contribution in [2.75, 3.05) is 0 Å². The van der Waals surface area contributed by atoms with E-state index in [1.807, 2.05) is 30.3 Å². The molecule has 1 aromatic heterocycles. The van der Waals surface area contributed by atoms with Crippen LogP contribution in [-0.2, 0) is 0 Å². The molecule has 1 heterocycles. The number of rotatable bonds is 3. The van der Waals surface area contributed by atoms with Crippen molar-refractivity contribution < 1.29 is 9.90 Å². The summed E-state index contributed by atoms with van der Waals surface area (Å²) >= 11 is 6.01. The molecule has 3 aromatic rings. The largest absolute Gasteiger partial charge is 0.478 e. The van der Waals surface area contributed by atoms with Crippen LogP contribution in [0.3, 0.4) is 0 Å². The Labute approximate surface area is 144 Å². The quantitative estimate of drug-likeness (QED) is 0.715.